The van der Waals surface area contributed by atoms with Crippen molar-refractivity contribution in [1.82, 2.24) is 4.98 Å². The number of fused-ring (bicyclic) bond motifs is 4. The van der Waals surface area contributed by atoms with Gasteiger partial charge < -0.3 is 19.6 Å². The number of aromatic nitrogens is 1. The van der Waals surface area contributed by atoms with Gasteiger partial charge in [0.15, 0.2) is 11.6 Å². The van der Waals surface area contributed by atoms with Crippen LogP contribution in [-0.2, 0) is 0 Å². The fourth-order valence-electron chi connectivity index (χ4n) is 4.97. The molecule has 0 spiro atoms. The highest BCUT2D eigenvalue weighted by Gasteiger charge is 2.37. The Labute approximate surface area is 228 Å². The van der Waals surface area contributed by atoms with Crippen molar-refractivity contribution < 1.29 is 13.9 Å². The lowest BCUT2D eigenvalue weighted by Gasteiger charge is -2.29. The van der Waals surface area contributed by atoms with Crippen molar-refractivity contribution in [3.63, 3.8) is 0 Å². The van der Waals surface area contributed by atoms with E-state index in [1.807, 2.05) is 50.2 Å². The SMILES string of the molecule is Cc1ccc2nc(Oc3ccc(Cl)cc3)c(C3C(CC#N)=C(N)Oc4c3c(=O)oc3ccc(C)cc43)cc2c1. The summed E-state index contributed by atoms with van der Waals surface area (Å²) in [4.78, 5) is 18.4. The topological polar surface area (TPSA) is 111 Å². The summed E-state index contributed by atoms with van der Waals surface area (Å²) in [5.41, 5.74) is 10.2. The third-order valence-electron chi connectivity index (χ3n) is 6.78. The number of rotatable bonds is 4. The minimum atomic E-state index is -0.797. The first-order chi connectivity index (χ1) is 18.8. The normalized spacial score (nSPS) is 14.7. The van der Waals surface area contributed by atoms with Crippen LogP contribution in [0.4, 0.5) is 0 Å². The predicted octanol–water partition coefficient (Wildman–Crippen LogP) is 7.01. The van der Waals surface area contributed by atoms with Crippen LogP contribution in [0.2, 0.25) is 5.02 Å². The number of hydrogen-bond donors (Lipinski definition) is 1. The summed E-state index contributed by atoms with van der Waals surface area (Å²) in [5.74, 6) is 0.333. The molecule has 8 heteroatoms. The van der Waals surface area contributed by atoms with Crippen LogP contribution in [0, 0.1) is 25.2 Å². The molecule has 3 aromatic carbocycles. The van der Waals surface area contributed by atoms with Crippen LogP contribution in [0.3, 0.4) is 0 Å². The molecule has 1 atom stereocenters. The van der Waals surface area contributed by atoms with E-state index in [1.54, 1.807) is 30.3 Å². The average molecular weight is 536 g/mol. The molecule has 0 amide bonds. The fourth-order valence-corrected chi connectivity index (χ4v) is 5.09. The molecule has 2 N–H and O–H groups in total. The Kier molecular flexibility index (Phi) is 5.97. The minimum absolute atomic E-state index is 0.0595. The van der Waals surface area contributed by atoms with Crippen LogP contribution < -0.4 is 20.8 Å². The van der Waals surface area contributed by atoms with E-state index in [1.165, 1.54) is 0 Å². The quantitative estimate of drug-likeness (QED) is 0.246. The highest BCUT2D eigenvalue weighted by Crippen LogP contribution is 2.48. The van der Waals surface area contributed by atoms with Crippen molar-refractivity contribution in [1.29, 1.82) is 5.26 Å². The number of hydrogen-bond acceptors (Lipinski definition) is 7. The molecular formula is C31H22ClN3O4. The molecule has 7 nitrogen and oxygen atoms in total. The Bertz CT molecular complexity index is 1920. The van der Waals surface area contributed by atoms with Crippen LogP contribution in [-0.4, -0.2) is 4.98 Å². The summed E-state index contributed by atoms with van der Waals surface area (Å²) in [6.45, 7) is 3.92. The molecule has 0 bridgehead atoms. The van der Waals surface area contributed by atoms with Gasteiger partial charge in [-0.1, -0.05) is 34.9 Å². The summed E-state index contributed by atoms with van der Waals surface area (Å²) in [7, 11) is 0. The van der Waals surface area contributed by atoms with Crippen molar-refractivity contribution in [3.05, 3.63) is 116 Å². The number of allylic oxidation sites excluding steroid dienone is 1. The van der Waals surface area contributed by atoms with E-state index in [2.05, 4.69) is 6.07 Å². The molecule has 6 rings (SSSR count). The van der Waals surface area contributed by atoms with Crippen molar-refractivity contribution in [2.75, 3.05) is 0 Å². The predicted molar refractivity (Wildman–Crippen MR) is 149 cm³/mol. The number of nitrogens with two attached hydrogens (primary N) is 1. The third kappa shape index (κ3) is 4.35. The van der Waals surface area contributed by atoms with Crippen molar-refractivity contribution in [2.24, 2.45) is 5.73 Å². The molecule has 1 aliphatic heterocycles. The lowest BCUT2D eigenvalue weighted by Crippen LogP contribution is -2.27. The van der Waals surface area contributed by atoms with Crippen LogP contribution in [0.25, 0.3) is 21.9 Å². The van der Waals surface area contributed by atoms with Gasteiger partial charge in [-0.25, -0.2) is 9.78 Å². The molecule has 0 saturated carbocycles. The number of halogens is 1. The maximum atomic E-state index is 13.6. The van der Waals surface area contributed by atoms with E-state index < -0.39 is 11.5 Å². The van der Waals surface area contributed by atoms with Gasteiger partial charge in [0.2, 0.25) is 5.88 Å². The average Bonchev–Trinajstić information content (AvgIpc) is 2.91. The fraction of sp³-hybridized carbons (Fsp3) is 0.129. The molecule has 2 aromatic heterocycles. The number of pyridine rings is 1. The number of ether oxygens (including phenoxy) is 2. The Morgan fingerprint density at radius 2 is 1.79 bits per heavy atom. The summed E-state index contributed by atoms with van der Waals surface area (Å²) >= 11 is 6.08. The van der Waals surface area contributed by atoms with Crippen molar-refractivity contribution >= 4 is 33.5 Å². The van der Waals surface area contributed by atoms with Gasteiger partial charge in [-0.05, 0) is 68.4 Å². The molecule has 0 fully saturated rings. The number of nitrogens with zero attached hydrogens (tertiary/aromatic N) is 2. The third-order valence-corrected chi connectivity index (χ3v) is 7.04. The molecule has 3 heterocycles. The highest BCUT2D eigenvalue weighted by atomic mass is 35.5. The second-order valence-electron chi connectivity index (χ2n) is 9.53. The molecule has 0 radical (unpaired) electrons. The summed E-state index contributed by atoms with van der Waals surface area (Å²) in [5, 5.41) is 11.7. The lowest BCUT2D eigenvalue weighted by molar-refractivity contribution is 0.379. The monoisotopic (exact) mass is 535 g/mol. The largest absolute Gasteiger partial charge is 0.440 e. The van der Waals surface area contributed by atoms with Gasteiger partial charge >= 0.3 is 5.63 Å². The van der Waals surface area contributed by atoms with Crippen LogP contribution in [0.1, 0.15) is 34.6 Å². The zero-order valence-corrected chi connectivity index (χ0v) is 21.9. The second-order valence-corrected chi connectivity index (χ2v) is 9.96. The van der Waals surface area contributed by atoms with Crippen LogP contribution in [0.5, 0.6) is 17.4 Å². The van der Waals surface area contributed by atoms with Gasteiger partial charge in [0.1, 0.15) is 11.3 Å². The van der Waals surface area contributed by atoms with Crippen LogP contribution in [0.15, 0.2) is 87.4 Å². The van der Waals surface area contributed by atoms with Crippen molar-refractivity contribution in [3.8, 4) is 23.4 Å². The number of benzene rings is 3. The van der Waals surface area contributed by atoms with E-state index in [-0.39, 0.29) is 23.7 Å². The smallest absolute Gasteiger partial charge is 0.344 e. The van der Waals surface area contributed by atoms with Crippen molar-refractivity contribution in [2.45, 2.75) is 26.2 Å². The molecule has 1 aliphatic rings. The summed E-state index contributed by atoms with van der Waals surface area (Å²) < 4.78 is 18.1. The van der Waals surface area contributed by atoms with E-state index in [0.29, 0.717) is 44.1 Å². The first-order valence-electron chi connectivity index (χ1n) is 12.3. The zero-order valence-electron chi connectivity index (χ0n) is 21.1. The van der Waals surface area contributed by atoms with E-state index in [9.17, 15) is 10.1 Å². The molecule has 0 aliphatic carbocycles. The summed E-state index contributed by atoms with van der Waals surface area (Å²) in [6.07, 6.45) is -0.0759. The highest BCUT2D eigenvalue weighted by molar-refractivity contribution is 6.30. The maximum absolute atomic E-state index is 13.6. The van der Waals surface area contributed by atoms with Gasteiger partial charge in [-0.2, -0.15) is 5.26 Å². The minimum Gasteiger partial charge on any atom is -0.440 e. The summed E-state index contributed by atoms with van der Waals surface area (Å²) in [6, 6.07) is 22.3. The van der Waals surface area contributed by atoms with Gasteiger partial charge in [0, 0.05) is 21.5 Å². The Morgan fingerprint density at radius 3 is 2.56 bits per heavy atom. The number of nitriles is 1. The van der Waals surface area contributed by atoms with Gasteiger partial charge in [0.05, 0.1) is 34.9 Å². The van der Waals surface area contributed by atoms with E-state index in [0.717, 1.165) is 16.5 Å². The second kappa shape index (κ2) is 9.50. The standard InChI is InChI=1S/C31H22ClN3O4/c1-16-3-9-24-18(13-16)15-23(30(35-24)37-20-7-5-19(32)6-8-20)26-21(11-12-33)29(34)39-28-22-14-17(2)4-10-25(22)38-31(36)27(26)28/h3-10,13-15,26H,11,34H2,1-2H3. The molecule has 39 heavy (non-hydrogen) atoms. The first kappa shape index (κ1) is 24.5. The number of aryl methyl sites for hydroxylation is 2. The molecule has 5 aromatic rings. The van der Waals surface area contributed by atoms with E-state index in [4.69, 9.17) is 36.2 Å². The van der Waals surface area contributed by atoms with Crippen LogP contribution >= 0.6 is 11.6 Å². The van der Waals surface area contributed by atoms with E-state index >= 15 is 0 Å². The first-order valence-corrected chi connectivity index (χ1v) is 12.7. The lowest BCUT2D eigenvalue weighted by atomic mass is 9.82. The Balaban J connectivity index is 1.67. The van der Waals surface area contributed by atoms with Gasteiger partial charge in [0.25, 0.3) is 0 Å². The Hall–Kier alpha value is -4.80. The molecule has 192 valence electrons. The molecule has 1 unspecified atom stereocenters. The Morgan fingerprint density at radius 1 is 1.05 bits per heavy atom. The van der Waals surface area contributed by atoms with Gasteiger partial charge in [-0.3, -0.25) is 0 Å². The zero-order chi connectivity index (χ0) is 27.3. The molecule has 0 saturated heterocycles. The molecular weight excluding hydrogens is 514 g/mol. The van der Waals surface area contributed by atoms with Gasteiger partial charge in [-0.15, -0.1) is 0 Å². The maximum Gasteiger partial charge on any atom is 0.344 e.